The van der Waals surface area contributed by atoms with Crippen LogP contribution in [0.25, 0.3) is 6.08 Å². The SMILES string of the molecule is CNc1c(/C=C/C(=O)OC)c(=O)n(C)c(=O)n1C. The van der Waals surface area contributed by atoms with Crippen LogP contribution in [0.15, 0.2) is 15.7 Å². The summed E-state index contributed by atoms with van der Waals surface area (Å²) in [5.74, 6) is -0.240. The molecule has 0 radical (unpaired) electrons. The number of methoxy groups -OCH3 is 1. The maximum Gasteiger partial charge on any atom is 0.332 e. The van der Waals surface area contributed by atoms with Gasteiger partial charge in [-0.15, -0.1) is 0 Å². The topological polar surface area (TPSA) is 82.3 Å². The second-order valence-electron chi connectivity index (χ2n) is 3.57. The van der Waals surface area contributed by atoms with Gasteiger partial charge in [0, 0.05) is 27.2 Å². The molecule has 1 heterocycles. The number of esters is 1. The van der Waals surface area contributed by atoms with E-state index in [1.165, 1.54) is 31.8 Å². The van der Waals surface area contributed by atoms with Crippen molar-refractivity contribution in [3.05, 3.63) is 32.5 Å². The highest BCUT2D eigenvalue weighted by Gasteiger charge is 2.12. The molecule has 18 heavy (non-hydrogen) atoms. The van der Waals surface area contributed by atoms with Crippen LogP contribution in [0.4, 0.5) is 5.82 Å². The fourth-order valence-electron chi connectivity index (χ4n) is 1.54. The summed E-state index contributed by atoms with van der Waals surface area (Å²) < 4.78 is 6.71. The Bertz CT molecular complexity index is 610. The minimum atomic E-state index is -0.576. The van der Waals surface area contributed by atoms with E-state index < -0.39 is 17.2 Å². The first-order valence-electron chi connectivity index (χ1n) is 5.17. The molecule has 0 spiro atoms. The van der Waals surface area contributed by atoms with Crippen LogP contribution in [0.2, 0.25) is 0 Å². The van der Waals surface area contributed by atoms with Gasteiger partial charge in [0.05, 0.1) is 12.7 Å². The first-order chi connectivity index (χ1) is 8.43. The number of carbonyl (C=O) groups excluding carboxylic acids is 1. The molecule has 0 aromatic carbocycles. The van der Waals surface area contributed by atoms with Crippen molar-refractivity contribution in [1.29, 1.82) is 0 Å². The summed E-state index contributed by atoms with van der Waals surface area (Å²) >= 11 is 0. The Balaban J connectivity index is 3.53. The molecule has 98 valence electrons. The fraction of sp³-hybridized carbons (Fsp3) is 0.364. The molecule has 0 saturated carbocycles. The maximum atomic E-state index is 11.9. The molecule has 7 nitrogen and oxygen atoms in total. The van der Waals surface area contributed by atoms with Crippen LogP contribution in [-0.4, -0.2) is 29.3 Å². The van der Waals surface area contributed by atoms with Gasteiger partial charge in [-0.05, 0) is 6.08 Å². The molecule has 0 saturated heterocycles. The number of ether oxygens (including phenoxy) is 1. The quantitative estimate of drug-likeness (QED) is 0.569. The summed E-state index contributed by atoms with van der Waals surface area (Å²) in [5, 5.41) is 2.76. The van der Waals surface area contributed by atoms with Crippen molar-refractivity contribution in [3.8, 4) is 0 Å². The number of hydrogen-bond acceptors (Lipinski definition) is 5. The molecular formula is C11H15N3O4. The first-order valence-corrected chi connectivity index (χ1v) is 5.17. The molecule has 7 heteroatoms. The zero-order valence-electron chi connectivity index (χ0n) is 10.7. The van der Waals surface area contributed by atoms with Gasteiger partial charge in [0.15, 0.2) is 0 Å². The Kier molecular flexibility index (Phi) is 4.09. The van der Waals surface area contributed by atoms with Crippen molar-refractivity contribution >= 4 is 17.9 Å². The largest absolute Gasteiger partial charge is 0.466 e. The number of nitrogens with zero attached hydrogens (tertiary/aromatic N) is 2. The highest BCUT2D eigenvalue weighted by Crippen LogP contribution is 2.08. The zero-order chi connectivity index (χ0) is 13.9. The van der Waals surface area contributed by atoms with Crippen LogP contribution in [0.3, 0.4) is 0 Å². The molecule has 0 unspecified atom stereocenters. The Hall–Kier alpha value is -2.31. The molecule has 0 fully saturated rings. The van der Waals surface area contributed by atoms with Crippen molar-refractivity contribution in [2.75, 3.05) is 19.5 Å². The maximum absolute atomic E-state index is 11.9. The molecule has 1 N–H and O–H groups in total. The zero-order valence-corrected chi connectivity index (χ0v) is 10.7. The third-order valence-corrected chi connectivity index (χ3v) is 2.52. The molecule has 0 aliphatic heterocycles. The third-order valence-electron chi connectivity index (χ3n) is 2.52. The lowest BCUT2D eigenvalue weighted by atomic mass is 10.2. The molecule has 0 atom stereocenters. The smallest absolute Gasteiger partial charge is 0.332 e. The van der Waals surface area contributed by atoms with E-state index in [1.807, 2.05) is 0 Å². The van der Waals surface area contributed by atoms with Gasteiger partial charge in [0.2, 0.25) is 0 Å². The van der Waals surface area contributed by atoms with E-state index in [0.717, 1.165) is 10.6 Å². The van der Waals surface area contributed by atoms with Gasteiger partial charge in [-0.3, -0.25) is 13.9 Å². The summed E-state index contributed by atoms with van der Waals surface area (Å²) in [4.78, 5) is 34.6. The molecule has 1 aromatic heterocycles. The summed E-state index contributed by atoms with van der Waals surface area (Å²) in [6, 6.07) is 0. The van der Waals surface area contributed by atoms with E-state index in [4.69, 9.17) is 0 Å². The average molecular weight is 253 g/mol. The lowest BCUT2D eigenvalue weighted by Gasteiger charge is -2.12. The van der Waals surface area contributed by atoms with Gasteiger partial charge < -0.3 is 10.1 Å². The van der Waals surface area contributed by atoms with Gasteiger partial charge in [0.1, 0.15) is 5.82 Å². The number of rotatable bonds is 3. The van der Waals surface area contributed by atoms with Crippen molar-refractivity contribution in [1.82, 2.24) is 9.13 Å². The highest BCUT2D eigenvalue weighted by atomic mass is 16.5. The van der Waals surface area contributed by atoms with E-state index >= 15 is 0 Å². The number of hydrogen-bond donors (Lipinski definition) is 1. The average Bonchev–Trinajstić information content (AvgIpc) is 2.38. The number of nitrogens with one attached hydrogen (secondary N) is 1. The minimum absolute atomic E-state index is 0.215. The Morgan fingerprint density at radius 2 is 1.89 bits per heavy atom. The molecule has 0 aliphatic rings. The lowest BCUT2D eigenvalue weighted by molar-refractivity contribution is -0.134. The van der Waals surface area contributed by atoms with Gasteiger partial charge in [-0.2, -0.15) is 0 Å². The number of aromatic nitrogens is 2. The van der Waals surface area contributed by atoms with Crippen molar-refractivity contribution in [2.24, 2.45) is 14.1 Å². The number of carbonyl (C=O) groups is 1. The molecule has 0 bridgehead atoms. The Labute approximate surface area is 103 Å². The fourth-order valence-corrected chi connectivity index (χ4v) is 1.54. The van der Waals surface area contributed by atoms with Crippen LogP contribution in [0.1, 0.15) is 5.56 Å². The number of anilines is 1. The van der Waals surface area contributed by atoms with E-state index in [1.54, 1.807) is 7.05 Å². The second-order valence-corrected chi connectivity index (χ2v) is 3.57. The highest BCUT2D eigenvalue weighted by molar-refractivity contribution is 5.87. The van der Waals surface area contributed by atoms with Crippen molar-refractivity contribution in [2.45, 2.75) is 0 Å². The standard InChI is InChI=1S/C11H15N3O4/c1-12-9-7(5-6-8(15)18-4)10(16)14(3)11(17)13(9)2/h5-6,12H,1-4H3/b6-5+. The molecule has 0 amide bonds. The van der Waals surface area contributed by atoms with Crippen molar-refractivity contribution < 1.29 is 9.53 Å². The Morgan fingerprint density at radius 1 is 1.28 bits per heavy atom. The van der Waals surface area contributed by atoms with Crippen molar-refractivity contribution in [3.63, 3.8) is 0 Å². The predicted octanol–water partition coefficient (Wildman–Crippen LogP) is -0.688. The summed E-state index contributed by atoms with van der Waals surface area (Å²) in [6.45, 7) is 0. The minimum Gasteiger partial charge on any atom is -0.466 e. The van der Waals surface area contributed by atoms with E-state index in [0.29, 0.717) is 5.82 Å². The summed E-state index contributed by atoms with van der Waals surface area (Å²) in [5.41, 5.74) is -0.713. The van der Waals surface area contributed by atoms with E-state index in [-0.39, 0.29) is 5.56 Å². The summed E-state index contributed by atoms with van der Waals surface area (Å²) in [6.07, 6.45) is 2.45. The van der Waals surface area contributed by atoms with Crippen LogP contribution >= 0.6 is 0 Å². The van der Waals surface area contributed by atoms with Gasteiger partial charge >= 0.3 is 11.7 Å². The van der Waals surface area contributed by atoms with E-state index in [9.17, 15) is 14.4 Å². The second kappa shape index (κ2) is 5.35. The van der Waals surface area contributed by atoms with E-state index in [2.05, 4.69) is 10.1 Å². The van der Waals surface area contributed by atoms with Gasteiger partial charge in [0.25, 0.3) is 5.56 Å². The van der Waals surface area contributed by atoms with Crippen LogP contribution in [-0.2, 0) is 23.6 Å². The third kappa shape index (κ3) is 2.34. The molecule has 1 rings (SSSR count). The molecular weight excluding hydrogens is 238 g/mol. The molecule has 1 aromatic rings. The first kappa shape index (κ1) is 13.8. The van der Waals surface area contributed by atoms with Gasteiger partial charge in [-0.1, -0.05) is 0 Å². The monoisotopic (exact) mass is 253 g/mol. The Morgan fingerprint density at radius 3 is 2.39 bits per heavy atom. The predicted molar refractivity (Wildman–Crippen MR) is 67.5 cm³/mol. The van der Waals surface area contributed by atoms with Gasteiger partial charge in [-0.25, -0.2) is 9.59 Å². The summed E-state index contributed by atoms with van der Waals surface area (Å²) in [7, 11) is 5.73. The lowest BCUT2D eigenvalue weighted by Crippen LogP contribution is -2.39. The van der Waals surface area contributed by atoms with Crippen LogP contribution in [0.5, 0.6) is 0 Å². The molecule has 0 aliphatic carbocycles. The normalized spacial score (nSPS) is 10.7. The van der Waals surface area contributed by atoms with Crippen LogP contribution < -0.4 is 16.6 Å². The van der Waals surface area contributed by atoms with Crippen LogP contribution in [0, 0.1) is 0 Å².